The molecule has 112 valence electrons. The van der Waals surface area contributed by atoms with Crippen LogP contribution in [0.15, 0.2) is 0 Å². The Balaban J connectivity index is 1.52. The van der Waals surface area contributed by atoms with E-state index >= 15 is 0 Å². The number of nitrogens with one attached hydrogen (secondary N) is 1. The largest absolute Gasteiger partial charge is 0.378 e. The molecule has 0 aromatic rings. The Labute approximate surface area is 119 Å². The van der Waals surface area contributed by atoms with Crippen LogP contribution in [-0.4, -0.2) is 49.8 Å². The second-order valence-electron chi connectivity index (χ2n) is 6.82. The first-order valence-corrected chi connectivity index (χ1v) is 8.24. The first kappa shape index (κ1) is 15.3. The fourth-order valence-electron chi connectivity index (χ4n) is 3.28. The van der Waals surface area contributed by atoms with Crippen molar-refractivity contribution in [2.24, 2.45) is 11.8 Å². The van der Waals surface area contributed by atoms with E-state index in [0.717, 1.165) is 31.0 Å². The summed E-state index contributed by atoms with van der Waals surface area (Å²) in [6, 6.07) is 0.725. The van der Waals surface area contributed by atoms with E-state index in [2.05, 4.69) is 31.0 Å². The van der Waals surface area contributed by atoms with Crippen molar-refractivity contribution in [2.75, 3.05) is 32.8 Å². The first-order valence-electron chi connectivity index (χ1n) is 8.24. The van der Waals surface area contributed by atoms with E-state index in [1.54, 1.807) is 0 Å². The lowest BCUT2D eigenvalue weighted by Gasteiger charge is -2.38. The van der Waals surface area contributed by atoms with E-state index in [-0.39, 0.29) is 0 Å². The fourth-order valence-corrected chi connectivity index (χ4v) is 3.28. The molecule has 0 amide bonds. The maximum Gasteiger partial charge on any atom is 0.0605 e. The van der Waals surface area contributed by atoms with Gasteiger partial charge in [0.05, 0.1) is 6.10 Å². The van der Waals surface area contributed by atoms with Crippen LogP contribution in [0, 0.1) is 11.8 Å². The zero-order valence-corrected chi connectivity index (χ0v) is 13.0. The molecule has 0 unspecified atom stereocenters. The van der Waals surface area contributed by atoms with Gasteiger partial charge in [-0.1, -0.05) is 20.8 Å². The van der Waals surface area contributed by atoms with Crippen molar-refractivity contribution in [2.45, 2.75) is 58.6 Å². The van der Waals surface area contributed by atoms with Gasteiger partial charge in [0.15, 0.2) is 0 Å². The number of rotatable bonds is 7. The molecule has 1 aliphatic heterocycles. The molecule has 3 nitrogen and oxygen atoms in total. The highest BCUT2D eigenvalue weighted by Gasteiger charge is 2.30. The van der Waals surface area contributed by atoms with Gasteiger partial charge < -0.3 is 15.0 Å². The van der Waals surface area contributed by atoms with Gasteiger partial charge in [0, 0.05) is 19.2 Å². The molecule has 0 atom stereocenters. The number of hydrogen-bond acceptors (Lipinski definition) is 3. The highest BCUT2D eigenvalue weighted by Crippen LogP contribution is 2.26. The maximum atomic E-state index is 6.05. The Bertz CT molecular complexity index is 243. The van der Waals surface area contributed by atoms with Crippen molar-refractivity contribution in [1.29, 1.82) is 0 Å². The second kappa shape index (κ2) is 7.61. The first-order chi connectivity index (χ1) is 9.17. The normalized spacial score (nSPS) is 29.7. The zero-order valence-electron chi connectivity index (χ0n) is 13.0. The van der Waals surface area contributed by atoms with Crippen LogP contribution < -0.4 is 5.32 Å². The smallest absolute Gasteiger partial charge is 0.0605 e. The monoisotopic (exact) mass is 268 g/mol. The fraction of sp³-hybridized carbons (Fsp3) is 1.00. The minimum atomic E-state index is 0.540. The molecule has 2 rings (SSSR count). The average Bonchev–Trinajstić information content (AvgIpc) is 2.33. The minimum Gasteiger partial charge on any atom is -0.378 e. The highest BCUT2D eigenvalue weighted by atomic mass is 16.5. The van der Waals surface area contributed by atoms with E-state index < -0.39 is 0 Å². The molecular weight excluding hydrogens is 236 g/mol. The second-order valence-corrected chi connectivity index (χ2v) is 6.82. The van der Waals surface area contributed by atoms with Crippen LogP contribution in [0.5, 0.6) is 0 Å². The lowest BCUT2D eigenvalue weighted by atomic mass is 9.89. The summed E-state index contributed by atoms with van der Waals surface area (Å²) < 4.78 is 6.05. The van der Waals surface area contributed by atoms with Gasteiger partial charge >= 0.3 is 0 Å². The van der Waals surface area contributed by atoms with Crippen molar-refractivity contribution in [1.82, 2.24) is 10.2 Å². The summed E-state index contributed by atoms with van der Waals surface area (Å²) in [7, 11) is 0. The van der Waals surface area contributed by atoms with Crippen LogP contribution in [-0.2, 0) is 4.74 Å². The molecule has 0 aromatic carbocycles. The van der Waals surface area contributed by atoms with Crippen LogP contribution in [0.25, 0.3) is 0 Å². The van der Waals surface area contributed by atoms with Gasteiger partial charge in [0.25, 0.3) is 0 Å². The Morgan fingerprint density at radius 1 is 1.21 bits per heavy atom. The quantitative estimate of drug-likeness (QED) is 0.768. The van der Waals surface area contributed by atoms with Gasteiger partial charge in [0.1, 0.15) is 0 Å². The summed E-state index contributed by atoms with van der Waals surface area (Å²) in [5.74, 6) is 1.60. The Hall–Kier alpha value is -0.120. The number of ether oxygens (including phenoxy) is 1. The van der Waals surface area contributed by atoms with Crippen molar-refractivity contribution in [3.8, 4) is 0 Å². The third-order valence-corrected chi connectivity index (χ3v) is 4.49. The number of nitrogens with zero attached hydrogens (tertiary/aromatic N) is 1. The van der Waals surface area contributed by atoms with Gasteiger partial charge in [-0.05, 0) is 57.2 Å². The molecule has 3 heteroatoms. The average molecular weight is 268 g/mol. The molecule has 2 fully saturated rings. The molecule has 2 aliphatic rings. The predicted molar refractivity (Wildman–Crippen MR) is 80.4 cm³/mol. The molecule has 0 spiro atoms. The van der Waals surface area contributed by atoms with E-state index in [0.29, 0.717) is 6.10 Å². The lowest BCUT2D eigenvalue weighted by molar-refractivity contribution is -0.0403. The van der Waals surface area contributed by atoms with Crippen molar-refractivity contribution in [3.05, 3.63) is 0 Å². The molecule has 0 aromatic heterocycles. The topological polar surface area (TPSA) is 24.5 Å². The van der Waals surface area contributed by atoms with Crippen LogP contribution in [0.2, 0.25) is 0 Å². The predicted octanol–water partition coefficient (Wildman–Crippen LogP) is 2.51. The summed E-state index contributed by atoms with van der Waals surface area (Å²) in [5, 5.41) is 3.49. The van der Waals surface area contributed by atoms with E-state index in [1.165, 1.54) is 45.3 Å². The third kappa shape index (κ3) is 5.05. The van der Waals surface area contributed by atoms with E-state index in [1.807, 2.05) is 0 Å². The minimum absolute atomic E-state index is 0.540. The van der Waals surface area contributed by atoms with Gasteiger partial charge in [-0.25, -0.2) is 0 Å². The van der Waals surface area contributed by atoms with Crippen LogP contribution >= 0.6 is 0 Å². The van der Waals surface area contributed by atoms with E-state index in [9.17, 15) is 0 Å². The standard InChI is InChI=1S/C16H32N2O/c1-4-17-15-9-16(10-15)19-12-14-5-7-18(8-6-14)11-13(2)3/h13-17H,4-12H2,1-3H3. The zero-order chi connectivity index (χ0) is 13.7. The summed E-state index contributed by atoms with van der Waals surface area (Å²) in [6.07, 6.45) is 5.64. The molecule has 1 saturated heterocycles. The molecule has 0 bridgehead atoms. The Kier molecular flexibility index (Phi) is 6.11. The van der Waals surface area contributed by atoms with E-state index in [4.69, 9.17) is 4.74 Å². The molecule has 1 heterocycles. The van der Waals surface area contributed by atoms with Crippen molar-refractivity contribution < 1.29 is 4.74 Å². The molecule has 19 heavy (non-hydrogen) atoms. The summed E-state index contributed by atoms with van der Waals surface area (Å²) in [6.45, 7) is 12.7. The van der Waals surface area contributed by atoms with Gasteiger partial charge in [-0.3, -0.25) is 0 Å². The molecule has 1 saturated carbocycles. The summed E-state index contributed by atoms with van der Waals surface area (Å²) >= 11 is 0. The SMILES string of the molecule is CCNC1CC(OCC2CCN(CC(C)C)CC2)C1. The lowest BCUT2D eigenvalue weighted by Crippen LogP contribution is -2.46. The Morgan fingerprint density at radius 2 is 1.89 bits per heavy atom. The number of hydrogen-bond donors (Lipinski definition) is 1. The summed E-state index contributed by atoms with van der Waals surface area (Å²) in [4.78, 5) is 2.62. The number of likely N-dealkylation sites (tertiary alicyclic amines) is 1. The highest BCUT2D eigenvalue weighted by molar-refractivity contribution is 4.86. The van der Waals surface area contributed by atoms with Crippen molar-refractivity contribution in [3.63, 3.8) is 0 Å². The number of piperidine rings is 1. The molecule has 0 radical (unpaired) electrons. The summed E-state index contributed by atoms with van der Waals surface area (Å²) in [5.41, 5.74) is 0. The van der Waals surface area contributed by atoms with Gasteiger partial charge in [0.2, 0.25) is 0 Å². The van der Waals surface area contributed by atoms with Gasteiger partial charge in [-0.2, -0.15) is 0 Å². The third-order valence-electron chi connectivity index (χ3n) is 4.49. The molecular formula is C16H32N2O. The molecule has 1 aliphatic carbocycles. The van der Waals surface area contributed by atoms with Gasteiger partial charge in [-0.15, -0.1) is 0 Å². The maximum absolute atomic E-state index is 6.05. The molecule has 1 N–H and O–H groups in total. The van der Waals surface area contributed by atoms with Crippen LogP contribution in [0.1, 0.15) is 46.5 Å². The Morgan fingerprint density at radius 3 is 2.47 bits per heavy atom. The van der Waals surface area contributed by atoms with Crippen LogP contribution in [0.3, 0.4) is 0 Å². The van der Waals surface area contributed by atoms with Crippen molar-refractivity contribution >= 4 is 0 Å². The van der Waals surface area contributed by atoms with Crippen LogP contribution in [0.4, 0.5) is 0 Å².